The molecule has 5 rings (SSSR count). The second kappa shape index (κ2) is 9.87. The Morgan fingerprint density at radius 1 is 0.788 bits per heavy atom. The van der Waals surface area contributed by atoms with E-state index < -0.39 is 7.12 Å². The maximum atomic E-state index is 9.30. The van der Waals surface area contributed by atoms with Gasteiger partial charge in [-0.2, -0.15) is 0 Å². The van der Waals surface area contributed by atoms with E-state index in [2.05, 4.69) is 74.2 Å². The van der Waals surface area contributed by atoms with E-state index in [1.54, 1.807) is 18.2 Å². The summed E-state index contributed by atoms with van der Waals surface area (Å²) in [4.78, 5) is 0. The molecule has 0 fully saturated rings. The van der Waals surface area contributed by atoms with Crippen LogP contribution in [-0.4, -0.2) is 17.2 Å². The highest BCUT2D eigenvalue weighted by atomic mass is 16.4. The van der Waals surface area contributed by atoms with Gasteiger partial charge in [-0.05, 0) is 62.8 Å². The Morgan fingerprint density at radius 2 is 1.39 bits per heavy atom. The van der Waals surface area contributed by atoms with Crippen molar-refractivity contribution in [2.75, 3.05) is 0 Å². The maximum absolute atomic E-state index is 9.30. The summed E-state index contributed by atoms with van der Waals surface area (Å²) in [5.41, 5.74) is 4.00. The third-order valence-corrected chi connectivity index (χ3v) is 6.00. The van der Waals surface area contributed by atoms with Crippen molar-refractivity contribution in [3.05, 3.63) is 115 Å². The Hall–Kier alpha value is -3.66. The summed E-state index contributed by atoms with van der Waals surface area (Å²) >= 11 is 0. The minimum Gasteiger partial charge on any atom is -0.423 e. The second-order valence-electron chi connectivity index (χ2n) is 8.09. The van der Waals surface area contributed by atoms with Gasteiger partial charge in [0.25, 0.3) is 0 Å². The topological polar surface area (TPSA) is 40.5 Å². The quantitative estimate of drug-likeness (QED) is 0.191. The second-order valence-corrected chi connectivity index (χ2v) is 8.09. The molecule has 0 saturated heterocycles. The van der Waals surface area contributed by atoms with Crippen LogP contribution in [0.15, 0.2) is 115 Å². The average molecular weight is 430 g/mol. The van der Waals surface area contributed by atoms with Crippen molar-refractivity contribution < 1.29 is 10.0 Å². The van der Waals surface area contributed by atoms with Gasteiger partial charge >= 0.3 is 7.12 Å². The summed E-state index contributed by atoms with van der Waals surface area (Å²) in [6.45, 7) is 7.63. The van der Waals surface area contributed by atoms with Crippen LogP contribution in [0.4, 0.5) is 0 Å². The molecule has 0 atom stereocenters. The predicted molar refractivity (Wildman–Crippen MR) is 144 cm³/mol. The predicted octanol–water partition coefficient (Wildman–Crippen LogP) is 6.63. The third-order valence-electron chi connectivity index (χ3n) is 6.00. The highest BCUT2D eigenvalue weighted by Gasteiger charge is 2.13. The maximum Gasteiger partial charge on any atom is 0.488 e. The van der Waals surface area contributed by atoms with Crippen LogP contribution in [0.1, 0.15) is 13.8 Å². The Labute approximate surface area is 195 Å². The average Bonchev–Trinajstić information content (AvgIpc) is 2.86. The fourth-order valence-corrected chi connectivity index (χ4v) is 4.14. The SMILES string of the molecule is C=C/C=C/C(C)=C/C.OB(O)c1ccc(-c2ccc3ccc4cccc5ccc2c3c45)cc1. The van der Waals surface area contributed by atoms with Crippen molar-refractivity contribution in [2.45, 2.75) is 13.8 Å². The van der Waals surface area contributed by atoms with Crippen LogP contribution in [0.25, 0.3) is 43.4 Å². The lowest BCUT2D eigenvalue weighted by molar-refractivity contribution is 0.426. The number of hydrogen-bond acceptors (Lipinski definition) is 2. The number of hydrogen-bond donors (Lipinski definition) is 2. The van der Waals surface area contributed by atoms with Crippen molar-refractivity contribution >= 4 is 44.9 Å². The van der Waals surface area contributed by atoms with E-state index in [1.807, 2.05) is 31.2 Å². The fraction of sp³-hybridized carbons (Fsp3) is 0.0667. The molecule has 0 radical (unpaired) electrons. The van der Waals surface area contributed by atoms with E-state index in [0.717, 1.165) is 11.1 Å². The first kappa shape index (κ1) is 22.5. The molecule has 0 amide bonds. The Kier molecular flexibility index (Phi) is 6.74. The van der Waals surface area contributed by atoms with Gasteiger partial charge in [0.05, 0.1) is 0 Å². The standard InChI is InChI=1S/C22H15BO2.C8H12/c24-23(25)18-10-6-14(7-11-18)19-12-8-17-5-4-15-2-1-3-16-9-13-20(19)22(17)21(15)16;1-4-6-7-8(3)5-2/h1-13,24-25H;4-7H,1H2,2-3H3/b;7-6+,8-5+. The van der Waals surface area contributed by atoms with Crippen LogP contribution in [0.3, 0.4) is 0 Å². The first-order valence-electron chi connectivity index (χ1n) is 11.1. The summed E-state index contributed by atoms with van der Waals surface area (Å²) in [5.74, 6) is 0. The molecule has 0 aliphatic rings. The number of benzene rings is 5. The summed E-state index contributed by atoms with van der Waals surface area (Å²) in [6, 6.07) is 26.9. The number of rotatable bonds is 4. The first-order valence-corrected chi connectivity index (χ1v) is 11.1. The zero-order chi connectivity index (χ0) is 23.4. The molecule has 0 heterocycles. The zero-order valence-corrected chi connectivity index (χ0v) is 19.0. The van der Waals surface area contributed by atoms with Gasteiger partial charge in [-0.15, -0.1) is 0 Å². The molecule has 0 aromatic heterocycles. The van der Waals surface area contributed by atoms with Crippen molar-refractivity contribution in [3.63, 3.8) is 0 Å². The van der Waals surface area contributed by atoms with Gasteiger partial charge in [0.1, 0.15) is 0 Å². The van der Waals surface area contributed by atoms with Crippen LogP contribution in [0.2, 0.25) is 0 Å². The molecule has 5 aromatic carbocycles. The molecule has 0 aliphatic heterocycles. The minimum atomic E-state index is -1.43. The van der Waals surface area contributed by atoms with E-state index in [-0.39, 0.29) is 0 Å². The van der Waals surface area contributed by atoms with Gasteiger partial charge < -0.3 is 10.0 Å². The molecule has 0 unspecified atom stereocenters. The molecule has 5 aromatic rings. The lowest BCUT2D eigenvalue weighted by Gasteiger charge is -2.14. The van der Waals surface area contributed by atoms with E-state index in [9.17, 15) is 10.0 Å². The normalized spacial score (nSPS) is 11.8. The van der Waals surface area contributed by atoms with Gasteiger partial charge in [-0.25, -0.2) is 0 Å². The minimum absolute atomic E-state index is 0.501. The highest BCUT2D eigenvalue weighted by molar-refractivity contribution is 6.58. The first-order chi connectivity index (χ1) is 16.0. The van der Waals surface area contributed by atoms with E-state index in [4.69, 9.17) is 0 Å². The van der Waals surface area contributed by atoms with Gasteiger partial charge in [-0.1, -0.05) is 115 Å². The highest BCUT2D eigenvalue weighted by Crippen LogP contribution is 2.38. The van der Waals surface area contributed by atoms with Crippen LogP contribution in [-0.2, 0) is 0 Å². The smallest absolute Gasteiger partial charge is 0.423 e. The summed E-state index contributed by atoms with van der Waals surface area (Å²) in [6.07, 6.45) is 7.77. The molecule has 162 valence electrons. The molecule has 0 aliphatic carbocycles. The van der Waals surface area contributed by atoms with Crippen LogP contribution >= 0.6 is 0 Å². The molecule has 2 nitrogen and oxygen atoms in total. The molecule has 0 bridgehead atoms. The summed E-state index contributed by atoms with van der Waals surface area (Å²) < 4.78 is 0. The van der Waals surface area contributed by atoms with Crippen LogP contribution in [0, 0.1) is 0 Å². The summed E-state index contributed by atoms with van der Waals surface area (Å²) in [5, 5.41) is 26.2. The number of allylic oxidation sites excluding steroid dienone is 5. The fourth-order valence-electron chi connectivity index (χ4n) is 4.14. The molecule has 2 N–H and O–H groups in total. The lowest BCUT2D eigenvalue weighted by Crippen LogP contribution is -2.29. The molecule has 0 saturated carbocycles. The van der Waals surface area contributed by atoms with Crippen molar-refractivity contribution in [3.8, 4) is 11.1 Å². The Balaban J connectivity index is 0.000000281. The largest absolute Gasteiger partial charge is 0.488 e. The van der Waals surface area contributed by atoms with E-state index in [1.165, 1.54) is 37.9 Å². The van der Waals surface area contributed by atoms with Gasteiger partial charge in [0.2, 0.25) is 0 Å². The van der Waals surface area contributed by atoms with Crippen molar-refractivity contribution in [2.24, 2.45) is 0 Å². The Morgan fingerprint density at radius 3 is 2.00 bits per heavy atom. The van der Waals surface area contributed by atoms with Gasteiger partial charge in [0.15, 0.2) is 0 Å². The van der Waals surface area contributed by atoms with E-state index in [0.29, 0.717) is 5.46 Å². The van der Waals surface area contributed by atoms with Gasteiger partial charge in [-0.3, -0.25) is 0 Å². The van der Waals surface area contributed by atoms with Gasteiger partial charge in [0, 0.05) is 0 Å². The molecular formula is C30H27BO2. The molecule has 33 heavy (non-hydrogen) atoms. The van der Waals surface area contributed by atoms with E-state index >= 15 is 0 Å². The molecule has 3 heteroatoms. The van der Waals surface area contributed by atoms with Crippen LogP contribution in [0.5, 0.6) is 0 Å². The third kappa shape index (κ3) is 4.61. The van der Waals surface area contributed by atoms with Crippen molar-refractivity contribution in [1.29, 1.82) is 0 Å². The molecule has 0 spiro atoms. The van der Waals surface area contributed by atoms with Crippen LogP contribution < -0.4 is 5.46 Å². The Bertz CT molecular complexity index is 1440. The molecular weight excluding hydrogens is 403 g/mol. The zero-order valence-electron chi connectivity index (χ0n) is 19.0. The lowest BCUT2D eigenvalue weighted by atomic mass is 9.79. The van der Waals surface area contributed by atoms with Crippen molar-refractivity contribution in [1.82, 2.24) is 0 Å². The summed E-state index contributed by atoms with van der Waals surface area (Å²) in [7, 11) is -1.43. The monoisotopic (exact) mass is 430 g/mol.